The number of carbonyl (C=O) groups is 1. The van der Waals surface area contributed by atoms with Crippen molar-refractivity contribution in [2.45, 2.75) is 26.3 Å². The zero-order valence-electron chi connectivity index (χ0n) is 9.51. The van der Waals surface area contributed by atoms with E-state index in [4.69, 9.17) is 5.73 Å². The van der Waals surface area contributed by atoms with Crippen molar-refractivity contribution in [3.05, 3.63) is 11.9 Å². The highest BCUT2D eigenvalue weighted by molar-refractivity contribution is 6.99. The molecule has 2 rings (SSSR count). The van der Waals surface area contributed by atoms with Gasteiger partial charge >= 0.3 is 0 Å². The molecular weight excluding hydrogens is 224 g/mol. The van der Waals surface area contributed by atoms with E-state index in [2.05, 4.69) is 22.6 Å². The average Bonchev–Trinajstić information content (AvgIpc) is 2.74. The van der Waals surface area contributed by atoms with Crippen molar-refractivity contribution in [3.8, 4) is 0 Å². The number of amides is 1. The Morgan fingerprint density at radius 1 is 1.69 bits per heavy atom. The number of likely N-dealkylation sites (tertiary alicyclic amines) is 1. The largest absolute Gasteiger partial charge is 0.337 e. The van der Waals surface area contributed by atoms with Crippen LogP contribution in [0, 0.1) is 5.41 Å². The molecule has 0 bridgehead atoms. The van der Waals surface area contributed by atoms with Gasteiger partial charge in [0.2, 0.25) is 0 Å². The Labute approximate surface area is 99.0 Å². The van der Waals surface area contributed by atoms with Gasteiger partial charge in [-0.05, 0) is 11.8 Å². The predicted octanol–water partition coefficient (Wildman–Crippen LogP) is 0.738. The van der Waals surface area contributed by atoms with Crippen LogP contribution in [0.3, 0.4) is 0 Å². The molecule has 0 saturated carbocycles. The van der Waals surface area contributed by atoms with Crippen molar-refractivity contribution in [3.63, 3.8) is 0 Å². The second-order valence-corrected chi connectivity index (χ2v) is 5.46. The van der Waals surface area contributed by atoms with Gasteiger partial charge in [-0.25, -0.2) is 0 Å². The van der Waals surface area contributed by atoms with Crippen LogP contribution in [-0.2, 0) is 0 Å². The third kappa shape index (κ3) is 2.08. The van der Waals surface area contributed by atoms with E-state index < -0.39 is 0 Å². The summed E-state index contributed by atoms with van der Waals surface area (Å²) in [6, 6.07) is 0.158. The molecule has 6 heteroatoms. The highest BCUT2D eigenvalue weighted by Gasteiger charge is 2.35. The van der Waals surface area contributed by atoms with Gasteiger partial charge in [-0.1, -0.05) is 13.8 Å². The van der Waals surface area contributed by atoms with Gasteiger partial charge in [0.25, 0.3) is 5.91 Å². The maximum Gasteiger partial charge on any atom is 0.275 e. The fourth-order valence-electron chi connectivity index (χ4n) is 1.97. The molecule has 0 radical (unpaired) electrons. The molecule has 1 amide bonds. The van der Waals surface area contributed by atoms with Crippen molar-refractivity contribution in [1.82, 2.24) is 13.6 Å². The molecule has 2 heterocycles. The van der Waals surface area contributed by atoms with E-state index in [1.54, 1.807) is 0 Å². The smallest absolute Gasteiger partial charge is 0.275 e. The second kappa shape index (κ2) is 4.10. The molecule has 2 N–H and O–H groups in total. The van der Waals surface area contributed by atoms with Gasteiger partial charge in [0.1, 0.15) is 0 Å². The third-order valence-corrected chi connectivity index (χ3v) is 3.66. The van der Waals surface area contributed by atoms with Crippen LogP contribution in [0.5, 0.6) is 0 Å². The van der Waals surface area contributed by atoms with Gasteiger partial charge in [0.15, 0.2) is 5.69 Å². The zero-order chi connectivity index (χ0) is 11.8. The summed E-state index contributed by atoms with van der Waals surface area (Å²) in [5.74, 6) is -0.0336. The van der Waals surface area contributed by atoms with Crippen LogP contribution >= 0.6 is 11.7 Å². The van der Waals surface area contributed by atoms with Gasteiger partial charge in [-0.3, -0.25) is 4.79 Å². The highest BCUT2D eigenvalue weighted by Crippen LogP contribution is 2.28. The molecule has 1 atom stereocenters. The van der Waals surface area contributed by atoms with E-state index in [1.807, 2.05) is 4.90 Å². The van der Waals surface area contributed by atoms with Crippen molar-refractivity contribution in [2.75, 3.05) is 13.1 Å². The minimum atomic E-state index is -0.0336. The van der Waals surface area contributed by atoms with Crippen LogP contribution in [0.1, 0.15) is 30.8 Å². The monoisotopic (exact) mass is 240 g/mol. The number of hydrogen-bond donors (Lipinski definition) is 1. The number of aromatic nitrogens is 2. The van der Waals surface area contributed by atoms with Gasteiger partial charge in [0, 0.05) is 19.1 Å². The molecule has 1 fully saturated rings. The second-order valence-electron chi connectivity index (χ2n) is 4.90. The van der Waals surface area contributed by atoms with Crippen molar-refractivity contribution in [1.29, 1.82) is 0 Å². The minimum absolute atomic E-state index is 0.0304. The lowest BCUT2D eigenvalue weighted by atomic mass is 9.79. The van der Waals surface area contributed by atoms with E-state index in [-0.39, 0.29) is 17.4 Å². The van der Waals surface area contributed by atoms with Crippen LogP contribution in [0.25, 0.3) is 0 Å². The van der Waals surface area contributed by atoms with Crippen LogP contribution in [-0.4, -0.2) is 38.7 Å². The normalized spacial score (nSPS) is 24.4. The first-order chi connectivity index (χ1) is 7.50. The Hall–Kier alpha value is -1.01. The molecule has 1 saturated heterocycles. The maximum absolute atomic E-state index is 12.0. The maximum atomic E-state index is 12.0. The lowest BCUT2D eigenvalue weighted by Crippen LogP contribution is -2.54. The van der Waals surface area contributed by atoms with Crippen molar-refractivity contribution >= 4 is 17.6 Å². The fraction of sp³-hybridized carbons (Fsp3) is 0.700. The molecule has 1 unspecified atom stereocenters. The molecule has 1 aliphatic rings. The summed E-state index contributed by atoms with van der Waals surface area (Å²) < 4.78 is 7.81. The number of nitrogens with two attached hydrogens (primary N) is 1. The Bertz CT molecular complexity index is 376. The summed E-state index contributed by atoms with van der Waals surface area (Å²) in [4.78, 5) is 13.9. The molecule has 0 aromatic carbocycles. The van der Waals surface area contributed by atoms with E-state index in [9.17, 15) is 4.79 Å². The van der Waals surface area contributed by atoms with E-state index in [0.29, 0.717) is 18.8 Å². The standard InChI is InChI=1S/C10H16N4OS/c1-10(2)6-14(4-3-8(10)11)9(15)7-5-12-16-13-7/h5,8H,3-4,6,11H2,1-2H3. The fourth-order valence-corrected chi connectivity index (χ4v) is 2.38. The van der Waals surface area contributed by atoms with Crippen LogP contribution in [0.2, 0.25) is 0 Å². The summed E-state index contributed by atoms with van der Waals surface area (Å²) in [6.07, 6.45) is 2.37. The average molecular weight is 240 g/mol. The van der Waals surface area contributed by atoms with Crippen LogP contribution in [0.15, 0.2) is 6.20 Å². The van der Waals surface area contributed by atoms with Gasteiger partial charge < -0.3 is 10.6 Å². The molecule has 1 aromatic heterocycles. The summed E-state index contributed by atoms with van der Waals surface area (Å²) in [5.41, 5.74) is 6.44. The molecule has 0 spiro atoms. The Balaban J connectivity index is 2.10. The first-order valence-corrected chi connectivity index (χ1v) is 6.06. The van der Waals surface area contributed by atoms with Crippen LogP contribution in [0.4, 0.5) is 0 Å². The summed E-state index contributed by atoms with van der Waals surface area (Å²) >= 11 is 1.06. The summed E-state index contributed by atoms with van der Waals surface area (Å²) in [6.45, 7) is 5.58. The summed E-state index contributed by atoms with van der Waals surface area (Å²) in [5, 5.41) is 0. The molecule has 16 heavy (non-hydrogen) atoms. The molecule has 5 nitrogen and oxygen atoms in total. The first-order valence-electron chi connectivity index (χ1n) is 5.33. The molecule has 1 aromatic rings. The quantitative estimate of drug-likeness (QED) is 0.785. The van der Waals surface area contributed by atoms with E-state index in [1.165, 1.54) is 6.20 Å². The van der Waals surface area contributed by atoms with Gasteiger partial charge in [0.05, 0.1) is 17.9 Å². The Kier molecular flexibility index (Phi) is 2.94. The number of hydrogen-bond acceptors (Lipinski definition) is 5. The SMILES string of the molecule is CC1(C)CN(C(=O)c2cnsn2)CCC1N. The van der Waals surface area contributed by atoms with Gasteiger partial charge in [-0.15, -0.1) is 0 Å². The highest BCUT2D eigenvalue weighted by atomic mass is 32.1. The Morgan fingerprint density at radius 3 is 3.00 bits per heavy atom. The topological polar surface area (TPSA) is 72.1 Å². The molecule has 0 aliphatic carbocycles. The van der Waals surface area contributed by atoms with Crippen molar-refractivity contribution < 1.29 is 4.79 Å². The minimum Gasteiger partial charge on any atom is -0.337 e. The number of carbonyl (C=O) groups excluding carboxylic acids is 1. The summed E-state index contributed by atoms with van der Waals surface area (Å²) in [7, 11) is 0. The number of nitrogens with zero attached hydrogens (tertiary/aromatic N) is 3. The lowest BCUT2D eigenvalue weighted by Gasteiger charge is -2.42. The number of piperidine rings is 1. The lowest BCUT2D eigenvalue weighted by molar-refractivity contribution is 0.0528. The predicted molar refractivity (Wildman–Crippen MR) is 62.2 cm³/mol. The Morgan fingerprint density at radius 2 is 2.44 bits per heavy atom. The molecular formula is C10H16N4OS. The third-order valence-electron chi connectivity index (χ3n) is 3.18. The molecule has 88 valence electrons. The molecule has 1 aliphatic heterocycles. The van der Waals surface area contributed by atoms with Crippen molar-refractivity contribution in [2.24, 2.45) is 11.1 Å². The van der Waals surface area contributed by atoms with Gasteiger partial charge in [-0.2, -0.15) is 8.75 Å². The number of rotatable bonds is 1. The van der Waals surface area contributed by atoms with E-state index in [0.717, 1.165) is 18.1 Å². The van der Waals surface area contributed by atoms with Crippen LogP contribution < -0.4 is 5.73 Å². The zero-order valence-corrected chi connectivity index (χ0v) is 10.3. The van der Waals surface area contributed by atoms with E-state index >= 15 is 0 Å². The first kappa shape index (κ1) is 11.5.